The van der Waals surface area contributed by atoms with Crippen molar-refractivity contribution in [3.63, 3.8) is 0 Å². The largest absolute Gasteiger partial charge is 0.352 e. The molecular weight excluding hydrogens is 404 g/mol. The summed E-state index contributed by atoms with van der Waals surface area (Å²) in [7, 11) is 0. The number of fused-ring (bicyclic) bond motifs is 1. The smallest absolute Gasteiger partial charge is 0.254 e. The molecular formula is C23H23F2N3O3. The van der Waals surface area contributed by atoms with Gasteiger partial charge >= 0.3 is 0 Å². The minimum absolute atomic E-state index is 0.0174. The Morgan fingerprint density at radius 2 is 1.87 bits per heavy atom. The number of amides is 3. The van der Waals surface area contributed by atoms with Crippen LogP contribution < -0.4 is 10.6 Å². The zero-order valence-electron chi connectivity index (χ0n) is 16.8. The molecule has 1 aliphatic carbocycles. The Hall–Kier alpha value is -3.29. The van der Waals surface area contributed by atoms with E-state index in [2.05, 4.69) is 10.6 Å². The number of nitrogens with one attached hydrogen (secondary N) is 2. The van der Waals surface area contributed by atoms with Gasteiger partial charge in [-0.1, -0.05) is 18.2 Å². The van der Waals surface area contributed by atoms with Gasteiger partial charge in [-0.25, -0.2) is 8.78 Å². The van der Waals surface area contributed by atoms with E-state index in [0.717, 1.165) is 18.2 Å². The topological polar surface area (TPSA) is 78.5 Å². The van der Waals surface area contributed by atoms with Gasteiger partial charge in [0.1, 0.15) is 11.6 Å². The van der Waals surface area contributed by atoms with E-state index in [1.54, 1.807) is 24.3 Å². The summed E-state index contributed by atoms with van der Waals surface area (Å²) in [4.78, 5) is 39.3. The van der Waals surface area contributed by atoms with Crippen molar-refractivity contribution in [1.29, 1.82) is 0 Å². The van der Waals surface area contributed by atoms with Crippen molar-refractivity contribution in [3.05, 3.63) is 71.3 Å². The highest BCUT2D eigenvalue weighted by Gasteiger charge is 2.42. The van der Waals surface area contributed by atoms with Crippen LogP contribution in [0, 0.1) is 23.5 Å². The van der Waals surface area contributed by atoms with E-state index in [-0.39, 0.29) is 54.3 Å². The summed E-state index contributed by atoms with van der Waals surface area (Å²) >= 11 is 0. The van der Waals surface area contributed by atoms with Crippen molar-refractivity contribution < 1.29 is 23.2 Å². The molecule has 1 saturated carbocycles. The van der Waals surface area contributed by atoms with Crippen molar-refractivity contribution in [1.82, 2.24) is 15.5 Å². The van der Waals surface area contributed by atoms with Gasteiger partial charge in [-0.15, -0.1) is 0 Å². The van der Waals surface area contributed by atoms with Gasteiger partial charge in [0.25, 0.3) is 5.91 Å². The average Bonchev–Trinajstić information content (AvgIpc) is 3.08. The van der Waals surface area contributed by atoms with Crippen LogP contribution in [0.25, 0.3) is 0 Å². The number of benzene rings is 2. The number of hydrogen-bond acceptors (Lipinski definition) is 3. The molecule has 2 aromatic rings. The normalized spacial score (nSPS) is 23.0. The van der Waals surface area contributed by atoms with Crippen LogP contribution in [-0.2, 0) is 16.1 Å². The fourth-order valence-electron chi connectivity index (χ4n) is 4.41. The Balaban J connectivity index is 1.40. The second kappa shape index (κ2) is 8.83. The molecule has 1 aliphatic heterocycles. The molecule has 0 spiro atoms. The SMILES string of the molecule is O=C1CN(C(=O)c2ccccc2)C[C@H]2C[C@H](C(=O)NCc3cc(F)ccc3F)C[C@H]2N1. The minimum atomic E-state index is -0.583. The molecule has 2 aliphatic rings. The van der Waals surface area contributed by atoms with Crippen molar-refractivity contribution in [3.8, 4) is 0 Å². The van der Waals surface area contributed by atoms with E-state index in [1.165, 1.54) is 4.90 Å². The lowest BCUT2D eigenvalue weighted by molar-refractivity contribution is -0.126. The van der Waals surface area contributed by atoms with Crippen LogP contribution in [0.5, 0.6) is 0 Å². The third-order valence-corrected chi connectivity index (χ3v) is 5.97. The summed E-state index contributed by atoms with van der Waals surface area (Å²) in [5, 5.41) is 5.60. The molecule has 2 aromatic carbocycles. The first-order valence-electron chi connectivity index (χ1n) is 10.3. The molecule has 3 atom stereocenters. The van der Waals surface area contributed by atoms with Crippen LogP contribution in [0.4, 0.5) is 8.78 Å². The number of nitrogens with zero attached hydrogens (tertiary/aromatic N) is 1. The first kappa shape index (κ1) is 21.0. The molecule has 31 heavy (non-hydrogen) atoms. The molecule has 2 N–H and O–H groups in total. The van der Waals surface area contributed by atoms with Crippen LogP contribution in [-0.4, -0.2) is 41.8 Å². The third kappa shape index (κ3) is 4.73. The van der Waals surface area contributed by atoms with Crippen molar-refractivity contribution in [2.24, 2.45) is 11.8 Å². The molecule has 3 amide bonds. The fourth-order valence-corrected chi connectivity index (χ4v) is 4.41. The molecule has 0 bridgehead atoms. The molecule has 2 fully saturated rings. The lowest BCUT2D eigenvalue weighted by Crippen LogP contribution is -2.39. The summed E-state index contributed by atoms with van der Waals surface area (Å²) < 4.78 is 27.1. The minimum Gasteiger partial charge on any atom is -0.352 e. The third-order valence-electron chi connectivity index (χ3n) is 5.97. The lowest BCUT2D eigenvalue weighted by atomic mass is 10.0. The van der Waals surface area contributed by atoms with Crippen LogP contribution in [0.2, 0.25) is 0 Å². The number of rotatable bonds is 4. The number of carbonyl (C=O) groups is 3. The van der Waals surface area contributed by atoms with E-state index in [4.69, 9.17) is 0 Å². The van der Waals surface area contributed by atoms with Crippen molar-refractivity contribution in [2.75, 3.05) is 13.1 Å². The molecule has 0 aromatic heterocycles. The summed E-state index contributed by atoms with van der Waals surface area (Å²) in [5.74, 6) is -2.32. The molecule has 1 heterocycles. The Kier molecular flexibility index (Phi) is 5.97. The number of halogens is 2. The standard InChI is InChI=1S/C23H23F2N3O3/c24-18-6-7-19(25)16(9-18)11-26-22(30)15-8-17-12-28(13-21(29)27-20(17)10-15)23(31)14-4-2-1-3-5-14/h1-7,9,15,17,20H,8,10-13H2,(H,26,30)(H,27,29)/t15-,17+,20+/m0/s1. The highest BCUT2D eigenvalue weighted by Crippen LogP contribution is 2.34. The molecule has 8 heteroatoms. The van der Waals surface area contributed by atoms with Crippen molar-refractivity contribution >= 4 is 17.7 Å². The summed E-state index contributed by atoms with van der Waals surface area (Å²) in [6, 6.07) is 11.7. The molecule has 4 rings (SSSR count). The van der Waals surface area contributed by atoms with Crippen LogP contribution in [0.15, 0.2) is 48.5 Å². The number of carbonyl (C=O) groups excluding carboxylic acids is 3. The zero-order chi connectivity index (χ0) is 22.0. The maximum absolute atomic E-state index is 13.8. The summed E-state index contributed by atoms with van der Waals surface area (Å²) in [6.45, 7) is 0.245. The van der Waals surface area contributed by atoms with Gasteiger partial charge in [0.2, 0.25) is 11.8 Å². The second-order valence-electron chi connectivity index (χ2n) is 8.11. The van der Waals surface area contributed by atoms with E-state index in [0.29, 0.717) is 24.9 Å². The Bertz CT molecular complexity index is 999. The van der Waals surface area contributed by atoms with E-state index < -0.39 is 11.6 Å². The van der Waals surface area contributed by atoms with Crippen LogP contribution in [0.3, 0.4) is 0 Å². The predicted molar refractivity (Wildman–Crippen MR) is 109 cm³/mol. The van der Waals surface area contributed by atoms with Gasteiger partial charge in [0.05, 0.1) is 6.54 Å². The van der Waals surface area contributed by atoms with E-state index >= 15 is 0 Å². The summed E-state index contributed by atoms with van der Waals surface area (Å²) in [5.41, 5.74) is 0.589. The van der Waals surface area contributed by atoms with Crippen LogP contribution in [0.1, 0.15) is 28.8 Å². The first-order chi connectivity index (χ1) is 14.9. The van der Waals surface area contributed by atoms with Gasteiger partial charge in [0, 0.05) is 36.2 Å². The van der Waals surface area contributed by atoms with Gasteiger partial charge in [0.15, 0.2) is 0 Å². The fraction of sp³-hybridized carbons (Fsp3) is 0.348. The molecule has 0 unspecified atom stereocenters. The van der Waals surface area contributed by atoms with Gasteiger partial charge in [-0.05, 0) is 49.1 Å². The average molecular weight is 427 g/mol. The zero-order valence-corrected chi connectivity index (χ0v) is 16.8. The van der Waals surface area contributed by atoms with Gasteiger partial charge in [-0.3, -0.25) is 14.4 Å². The predicted octanol–water partition coefficient (Wildman–Crippen LogP) is 2.25. The quantitative estimate of drug-likeness (QED) is 0.786. The number of hydrogen-bond donors (Lipinski definition) is 2. The first-order valence-corrected chi connectivity index (χ1v) is 10.3. The Morgan fingerprint density at radius 1 is 1.10 bits per heavy atom. The molecule has 1 saturated heterocycles. The Morgan fingerprint density at radius 3 is 2.65 bits per heavy atom. The van der Waals surface area contributed by atoms with Crippen LogP contribution >= 0.6 is 0 Å². The maximum atomic E-state index is 13.8. The summed E-state index contributed by atoms with van der Waals surface area (Å²) in [6.07, 6.45) is 0.947. The monoisotopic (exact) mass is 427 g/mol. The van der Waals surface area contributed by atoms with E-state index in [1.807, 2.05) is 6.07 Å². The van der Waals surface area contributed by atoms with Crippen molar-refractivity contribution in [2.45, 2.75) is 25.4 Å². The van der Waals surface area contributed by atoms with Gasteiger partial charge < -0.3 is 15.5 Å². The highest BCUT2D eigenvalue weighted by molar-refractivity contribution is 5.96. The molecule has 0 radical (unpaired) electrons. The second-order valence-corrected chi connectivity index (χ2v) is 8.11. The maximum Gasteiger partial charge on any atom is 0.254 e. The Labute approximate surface area is 178 Å². The highest BCUT2D eigenvalue weighted by atomic mass is 19.1. The van der Waals surface area contributed by atoms with Gasteiger partial charge in [-0.2, -0.15) is 0 Å². The molecule has 162 valence electrons. The lowest BCUT2D eigenvalue weighted by Gasteiger charge is -2.23. The van der Waals surface area contributed by atoms with E-state index in [9.17, 15) is 23.2 Å². The molecule has 6 nitrogen and oxygen atoms in total.